The second kappa shape index (κ2) is 9.80. The molecule has 32 heavy (non-hydrogen) atoms. The molecule has 1 fully saturated rings. The number of nitrogens with zero attached hydrogens (tertiary/aromatic N) is 2. The van der Waals surface area contributed by atoms with Gasteiger partial charge in [0.05, 0.1) is 17.8 Å². The molecule has 8 heteroatoms. The first-order valence-corrected chi connectivity index (χ1v) is 10.7. The Bertz CT molecular complexity index is 974. The molecule has 1 aliphatic rings. The zero-order valence-corrected chi connectivity index (χ0v) is 18.6. The molecule has 8 nitrogen and oxygen atoms in total. The van der Waals surface area contributed by atoms with E-state index in [1.165, 1.54) is 0 Å². The van der Waals surface area contributed by atoms with Gasteiger partial charge in [-0.2, -0.15) is 0 Å². The number of carbonyl (C=O) groups excluding carboxylic acids is 2. The Labute approximate surface area is 187 Å². The van der Waals surface area contributed by atoms with Crippen LogP contribution in [-0.4, -0.2) is 51.7 Å². The van der Waals surface area contributed by atoms with Gasteiger partial charge < -0.3 is 20.1 Å². The number of nitrogens with one attached hydrogen (secondary N) is 1. The van der Waals surface area contributed by atoms with Crippen molar-refractivity contribution in [2.24, 2.45) is 5.92 Å². The first kappa shape index (κ1) is 23.2. The van der Waals surface area contributed by atoms with E-state index in [1.807, 2.05) is 32.9 Å². The molecule has 170 valence electrons. The number of likely N-dealkylation sites (tertiary alicyclic amines) is 1. The van der Waals surface area contributed by atoms with Crippen molar-refractivity contribution in [3.8, 4) is 11.1 Å². The molecule has 2 amide bonds. The largest absolute Gasteiger partial charge is 0.478 e. The van der Waals surface area contributed by atoms with Gasteiger partial charge in [0, 0.05) is 25.2 Å². The van der Waals surface area contributed by atoms with Gasteiger partial charge in [0.2, 0.25) is 5.91 Å². The van der Waals surface area contributed by atoms with Gasteiger partial charge in [-0.1, -0.05) is 12.1 Å². The molecule has 2 N–H and O–H groups in total. The van der Waals surface area contributed by atoms with Crippen LogP contribution in [0.5, 0.6) is 0 Å². The second-order valence-electron chi connectivity index (χ2n) is 8.88. The molecular formula is C24H29N3O5. The number of pyridine rings is 1. The van der Waals surface area contributed by atoms with Crippen molar-refractivity contribution in [3.63, 3.8) is 0 Å². The molecule has 0 atom stereocenters. The number of amides is 2. The maximum Gasteiger partial charge on any atom is 0.410 e. The van der Waals surface area contributed by atoms with Crippen molar-refractivity contribution >= 4 is 18.0 Å². The van der Waals surface area contributed by atoms with Crippen molar-refractivity contribution in [2.45, 2.75) is 45.8 Å². The smallest absolute Gasteiger partial charge is 0.410 e. The van der Waals surface area contributed by atoms with Crippen LogP contribution in [0.25, 0.3) is 11.1 Å². The fourth-order valence-electron chi connectivity index (χ4n) is 3.53. The van der Waals surface area contributed by atoms with Gasteiger partial charge in [0.15, 0.2) is 0 Å². The Morgan fingerprint density at radius 1 is 1.09 bits per heavy atom. The lowest BCUT2D eigenvalue weighted by Gasteiger charge is -2.32. The minimum atomic E-state index is -0.966. The summed E-state index contributed by atoms with van der Waals surface area (Å²) in [5, 5.41) is 12.0. The third kappa shape index (κ3) is 6.29. The molecular weight excluding hydrogens is 410 g/mol. The topological polar surface area (TPSA) is 109 Å². The zero-order valence-electron chi connectivity index (χ0n) is 18.6. The number of carboxylic acid groups (broad SMARTS) is 1. The van der Waals surface area contributed by atoms with Gasteiger partial charge in [-0.25, -0.2) is 9.59 Å². The van der Waals surface area contributed by atoms with Gasteiger partial charge in [0.1, 0.15) is 5.60 Å². The number of ether oxygens (including phenoxy) is 1. The van der Waals surface area contributed by atoms with Gasteiger partial charge in [-0.15, -0.1) is 0 Å². The Balaban J connectivity index is 1.52. The minimum absolute atomic E-state index is 0.0492. The number of carbonyl (C=O) groups is 3. The summed E-state index contributed by atoms with van der Waals surface area (Å²) in [5.41, 5.74) is 2.18. The van der Waals surface area contributed by atoms with E-state index in [0.29, 0.717) is 38.2 Å². The van der Waals surface area contributed by atoms with E-state index < -0.39 is 11.6 Å². The number of benzene rings is 1. The SMILES string of the molecule is CC(C)(C)OC(=O)N1CCC(C(=O)NCc2cc(-c3ccc(C(=O)O)cc3)ccn2)CC1. The minimum Gasteiger partial charge on any atom is -0.478 e. The first-order valence-electron chi connectivity index (χ1n) is 10.7. The van der Waals surface area contributed by atoms with Gasteiger partial charge in [0.25, 0.3) is 0 Å². The third-order valence-electron chi connectivity index (χ3n) is 5.24. The summed E-state index contributed by atoms with van der Waals surface area (Å²) in [6.07, 6.45) is 2.51. The summed E-state index contributed by atoms with van der Waals surface area (Å²) in [6, 6.07) is 10.3. The lowest BCUT2D eigenvalue weighted by Crippen LogP contribution is -2.44. The van der Waals surface area contributed by atoms with E-state index in [4.69, 9.17) is 9.84 Å². The normalized spacial score (nSPS) is 14.7. The Kier molecular flexibility index (Phi) is 7.12. The molecule has 1 aliphatic heterocycles. The van der Waals surface area contributed by atoms with Gasteiger partial charge in [-0.3, -0.25) is 9.78 Å². The van der Waals surface area contributed by atoms with Gasteiger partial charge in [-0.05, 0) is 69.0 Å². The van der Waals surface area contributed by atoms with Crippen LogP contribution < -0.4 is 5.32 Å². The number of piperidine rings is 1. The maximum absolute atomic E-state index is 12.6. The van der Waals surface area contributed by atoms with Crippen LogP contribution >= 0.6 is 0 Å². The third-order valence-corrected chi connectivity index (χ3v) is 5.24. The number of carboxylic acids is 1. The molecule has 2 aromatic rings. The van der Waals surface area contributed by atoms with E-state index in [-0.39, 0.29) is 23.5 Å². The van der Waals surface area contributed by atoms with Crippen LogP contribution in [0.2, 0.25) is 0 Å². The molecule has 0 spiro atoms. The summed E-state index contributed by atoms with van der Waals surface area (Å²) in [4.78, 5) is 41.8. The van der Waals surface area contributed by atoms with E-state index in [9.17, 15) is 14.4 Å². The summed E-state index contributed by atoms with van der Waals surface area (Å²) in [6.45, 7) is 6.78. The van der Waals surface area contributed by atoms with Crippen LogP contribution in [0.15, 0.2) is 42.6 Å². The van der Waals surface area contributed by atoms with Crippen molar-refractivity contribution in [1.29, 1.82) is 0 Å². The van der Waals surface area contributed by atoms with Crippen molar-refractivity contribution in [1.82, 2.24) is 15.2 Å². The molecule has 0 bridgehead atoms. The molecule has 0 saturated carbocycles. The molecule has 0 radical (unpaired) electrons. The summed E-state index contributed by atoms with van der Waals surface area (Å²) < 4.78 is 5.39. The van der Waals surface area contributed by atoms with E-state index in [2.05, 4.69) is 10.3 Å². The molecule has 2 heterocycles. The monoisotopic (exact) mass is 439 g/mol. The van der Waals surface area contributed by atoms with Crippen LogP contribution in [0.4, 0.5) is 4.79 Å². The van der Waals surface area contributed by atoms with Crippen molar-refractivity contribution in [3.05, 3.63) is 53.9 Å². The quantitative estimate of drug-likeness (QED) is 0.735. The highest BCUT2D eigenvalue weighted by molar-refractivity contribution is 5.88. The van der Waals surface area contributed by atoms with E-state index >= 15 is 0 Å². The number of aromatic carboxylic acids is 1. The standard InChI is InChI=1S/C24H29N3O5/c1-24(2,3)32-23(31)27-12-9-17(10-13-27)21(28)26-15-20-14-19(8-11-25-20)16-4-6-18(7-5-16)22(29)30/h4-8,11,14,17H,9-10,12-13,15H2,1-3H3,(H,26,28)(H,29,30). The highest BCUT2D eigenvalue weighted by Gasteiger charge is 2.29. The number of hydrogen-bond donors (Lipinski definition) is 2. The highest BCUT2D eigenvalue weighted by Crippen LogP contribution is 2.22. The molecule has 1 aromatic heterocycles. The van der Waals surface area contributed by atoms with Crippen LogP contribution in [0, 0.1) is 5.92 Å². The number of rotatable bonds is 5. The van der Waals surface area contributed by atoms with Crippen LogP contribution in [-0.2, 0) is 16.1 Å². The Morgan fingerprint density at radius 3 is 2.34 bits per heavy atom. The fraction of sp³-hybridized carbons (Fsp3) is 0.417. The average Bonchev–Trinajstić information content (AvgIpc) is 2.76. The highest BCUT2D eigenvalue weighted by atomic mass is 16.6. The predicted molar refractivity (Wildman–Crippen MR) is 119 cm³/mol. The zero-order chi connectivity index (χ0) is 23.3. The lowest BCUT2D eigenvalue weighted by atomic mass is 9.96. The first-order chi connectivity index (χ1) is 15.1. The van der Waals surface area contributed by atoms with E-state index in [1.54, 1.807) is 35.4 Å². The fourth-order valence-corrected chi connectivity index (χ4v) is 3.53. The Hall–Kier alpha value is -3.42. The summed E-state index contributed by atoms with van der Waals surface area (Å²) >= 11 is 0. The van der Waals surface area contributed by atoms with Crippen LogP contribution in [0.3, 0.4) is 0 Å². The Morgan fingerprint density at radius 2 is 1.75 bits per heavy atom. The molecule has 1 saturated heterocycles. The maximum atomic E-state index is 12.6. The van der Waals surface area contributed by atoms with Crippen molar-refractivity contribution in [2.75, 3.05) is 13.1 Å². The number of aromatic nitrogens is 1. The predicted octanol–water partition coefficient (Wildman–Crippen LogP) is 3.71. The van der Waals surface area contributed by atoms with Gasteiger partial charge >= 0.3 is 12.1 Å². The van der Waals surface area contributed by atoms with E-state index in [0.717, 1.165) is 11.1 Å². The molecule has 0 aliphatic carbocycles. The van der Waals surface area contributed by atoms with Crippen LogP contribution in [0.1, 0.15) is 49.7 Å². The molecule has 1 aromatic carbocycles. The summed E-state index contributed by atoms with van der Waals surface area (Å²) in [5.74, 6) is -1.17. The molecule has 3 rings (SSSR count). The average molecular weight is 440 g/mol. The summed E-state index contributed by atoms with van der Waals surface area (Å²) in [7, 11) is 0. The molecule has 0 unspecified atom stereocenters. The second-order valence-corrected chi connectivity index (χ2v) is 8.88. The number of hydrogen-bond acceptors (Lipinski definition) is 5. The van der Waals surface area contributed by atoms with Crippen molar-refractivity contribution < 1.29 is 24.2 Å². The lowest BCUT2D eigenvalue weighted by molar-refractivity contribution is -0.126.